The summed E-state index contributed by atoms with van der Waals surface area (Å²) in [5, 5.41) is 6.42. The first-order chi connectivity index (χ1) is 12.8. The topological polar surface area (TPSA) is 48.9 Å². The summed E-state index contributed by atoms with van der Waals surface area (Å²) >= 11 is 0. The molecular weight excluding hydrogens is 357 g/mol. The SMILES string of the molecule is CCNC(=NCc1ccc(OCC)c(C)c1)NC1CCN(CC(F)(F)F)C1. The molecule has 0 spiro atoms. The van der Waals surface area contributed by atoms with Crippen LogP contribution >= 0.6 is 0 Å². The van der Waals surface area contributed by atoms with Crippen LogP contribution in [0.3, 0.4) is 0 Å². The standard InChI is InChI=1S/C19H29F3N4O/c1-4-23-18(25-16-8-9-26(12-16)13-19(20,21)22)24-11-15-6-7-17(27-5-2)14(3)10-15/h6-7,10,16H,4-5,8-9,11-13H2,1-3H3,(H2,23,24,25). The molecule has 0 amide bonds. The van der Waals surface area contributed by atoms with Crippen molar-refractivity contribution in [2.75, 3.05) is 32.8 Å². The molecule has 0 aliphatic carbocycles. The number of aliphatic imine (C=N–C) groups is 1. The lowest BCUT2D eigenvalue weighted by Crippen LogP contribution is -2.45. The van der Waals surface area contributed by atoms with E-state index in [1.165, 1.54) is 4.90 Å². The average molecular weight is 386 g/mol. The van der Waals surface area contributed by atoms with Crippen LogP contribution in [-0.4, -0.2) is 55.9 Å². The van der Waals surface area contributed by atoms with Crippen molar-refractivity contribution in [2.45, 2.75) is 46.0 Å². The molecule has 2 N–H and O–H groups in total. The molecule has 1 fully saturated rings. The van der Waals surface area contributed by atoms with E-state index in [4.69, 9.17) is 4.74 Å². The van der Waals surface area contributed by atoms with Crippen LogP contribution < -0.4 is 15.4 Å². The van der Waals surface area contributed by atoms with Crippen molar-refractivity contribution >= 4 is 5.96 Å². The largest absolute Gasteiger partial charge is 0.494 e. The minimum atomic E-state index is -4.15. The third-order valence-corrected chi connectivity index (χ3v) is 4.32. The number of aryl methyl sites for hydroxylation is 1. The number of hydrogen-bond acceptors (Lipinski definition) is 3. The van der Waals surface area contributed by atoms with Crippen LogP contribution in [0, 0.1) is 6.92 Å². The van der Waals surface area contributed by atoms with Crippen LogP contribution in [0.15, 0.2) is 23.2 Å². The minimum absolute atomic E-state index is 0.0350. The maximum Gasteiger partial charge on any atom is 0.401 e. The lowest BCUT2D eigenvalue weighted by Gasteiger charge is -2.19. The van der Waals surface area contributed by atoms with E-state index in [9.17, 15) is 13.2 Å². The molecule has 27 heavy (non-hydrogen) atoms. The van der Waals surface area contributed by atoms with E-state index >= 15 is 0 Å². The van der Waals surface area contributed by atoms with Crippen LogP contribution in [0.1, 0.15) is 31.4 Å². The molecule has 0 radical (unpaired) electrons. The maximum absolute atomic E-state index is 12.5. The van der Waals surface area contributed by atoms with Crippen molar-refractivity contribution in [1.29, 1.82) is 0 Å². The van der Waals surface area contributed by atoms with Gasteiger partial charge >= 0.3 is 6.18 Å². The highest BCUT2D eigenvalue weighted by molar-refractivity contribution is 5.80. The Bertz CT molecular complexity index is 634. The van der Waals surface area contributed by atoms with Gasteiger partial charge in [-0.2, -0.15) is 13.2 Å². The van der Waals surface area contributed by atoms with Gasteiger partial charge in [-0.3, -0.25) is 4.90 Å². The van der Waals surface area contributed by atoms with Gasteiger partial charge in [-0.05, 0) is 44.4 Å². The summed E-state index contributed by atoms with van der Waals surface area (Å²) in [5.41, 5.74) is 2.11. The van der Waals surface area contributed by atoms with Gasteiger partial charge in [0.05, 0.1) is 19.7 Å². The second-order valence-electron chi connectivity index (χ2n) is 6.71. The Labute approximate surface area is 159 Å². The van der Waals surface area contributed by atoms with Crippen LogP contribution in [0.2, 0.25) is 0 Å². The lowest BCUT2D eigenvalue weighted by molar-refractivity contribution is -0.143. The summed E-state index contributed by atoms with van der Waals surface area (Å²) in [4.78, 5) is 6.00. The van der Waals surface area contributed by atoms with Crippen molar-refractivity contribution in [1.82, 2.24) is 15.5 Å². The molecule has 2 rings (SSSR count). The van der Waals surface area contributed by atoms with Gasteiger partial charge in [0.1, 0.15) is 5.75 Å². The van der Waals surface area contributed by atoms with Gasteiger partial charge < -0.3 is 15.4 Å². The Kier molecular flexibility index (Phi) is 7.77. The quantitative estimate of drug-likeness (QED) is 0.559. The number of benzene rings is 1. The molecule has 1 aliphatic heterocycles. The fourth-order valence-electron chi connectivity index (χ4n) is 3.16. The Hall–Kier alpha value is -1.96. The summed E-state index contributed by atoms with van der Waals surface area (Å²) in [6.07, 6.45) is -3.48. The van der Waals surface area contributed by atoms with Gasteiger partial charge in [-0.1, -0.05) is 12.1 Å². The van der Waals surface area contributed by atoms with Crippen LogP contribution in [0.5, 0.6) is 5.75 Å². The van der Waals surface area contributed by atoms with E-state index < -0.39 is 12.7 Å². The first kappa shape index (κ1) is 21.3. The molecule has 1 heterocycles. The van der Waals surface area contributed by atoms with Crippen LogP contribution in [0.25, 0.3) is 0 Å². The molecule has 0 aromatic heterocycles. The predicted octanol–water partition coefficient (Wildman–Crippen LogP) is 3.09. The Balaban J connectivity index is 1.93. The molecule has 1 atom stereocenters. The molecule has 1 aromatic rings. The average Bonchev–Trinajstić information content (AvgIpc) is 3.00. The van der Waals surface area contributed by atoms with Gasteiger partial charge in [0.25, 0.3) is 0 Å². The summed E-state index contributed by atoms with van der Waals surface area (Å²) in [6.45, 7) is 7.66. The van der Waals surface area contributed by atoms with Gasteiger partial charge in [0.15, 0.2) is 5.96 Å². The summed E-state index contributed by atoms with van der Waals surface area (Å²) < 4.78 is 43.1. The first-order valence-corrected chi connectivity index (χ1v) is 9.37. The molecule has 1 aromatic carbocycles. The maximum atomic E-state index is 12.5. The normalized spacial score (nSPS) is 18.6. The van der Waals surface area contributed by atoms with Crippen molar-refractivity contribution in [3.63, 3.8) is 0 Å². The second kappa shape index (κ2) is 9.82. The Morgan fingerprint density at radius 2 is 2.11 bits per heavy atom. The highest BCUT2D eigenvalue weighted by Crippen LogP contribution is 2.21. The molecule has 0 saturated carbocycles. The van der Waals surface area contributed by atoms with Crippen LogP contribution in [0.4, 0.5) is 13.2 Å². The number of likely N-dealkylation sites (tertiary alicyclic amines) is 1. The number of alkyl halides is 3. The number of rotatable bonds is 7. The van der Waals surface area contributed by atoms with E-state index in [1.807, 2.05) is 39.0 Å². The summed E-state index contributed by atoms with van der Waals surface area (Å²) in [7, 11) is 0. The van der Waals surface area contributed by atoms with E-state index in [0.717, 1.165) is 16.9 Å². The van der Waals surface area contributed by atoms with E-state index in [1.54, 1.807) is 0 Å². The highest BCUT2D eigenvalue weighted by Gasteiger charge is 2.34. The van der Waals surface area contributed by atoms with Crippen LogP contribution in [-0.2, 0) is 6.54 Å². The van der Waals surface area contributed by atoms with Crippen molar-refractivity contribution < 1.29 is 17.9 Å². The van der Waals surface area contributed by atoms with Crippen molar-refractivity contribution in [3.05, 3.63) is 29.3 Å². The van der Waals surface area contributed by atoms with Gasteiger partial charge in [-0.25, -0.2) is 4.99 Å². The third kappa shape index (κ3) is 7.28. The fraction of sp³-hybridized carbons (Fsp3) is 0.632. The molecule has 0 bridgehead atoms. The molecule has 1 saturated heterocycles. The van der Waals surface area contributed by atoms with Crippen molar-refractivity contribution in [2.24, 2.45) is 4.99 Å². The number of nitrogens with zero attached hydrogens (tertiary/aromatic N) is 2. The molecule has 1 aliphatic rings. The second-order valence-corrected chi connectivity index (χ2v) is 6.71. The zero-order chi connectivity index (χ0) is 19.9. The predicted molar refractivity (Wildman–Crippen MR) is 101 cm³/mol. The smallest absolute Gasteiger partial charge is 0.401 e. The fourth-order valence-corrected chi connectivity index (χ4v) is 3.16. The van der Waals surface area contributed by atoms with Gasteiger partial charge in [0.2, 0.25) is 0 Å². The molecule has 152 valence electrons. The lowest BCUT2D eigenvalue weighted by atomic mass is 10.1. The van der Waals surface area contributed by atoms with Gasteiger partial charge in [0, 0.05) is 25.7 Å². The molecule has 8 heteroatoms. The number of hydrogen-bond donors (Lipinski definition) is 2. The summed E-state index contributed by atoms with van der Waals surface area (Å²) in [5.74, 6) is 1.49. The first-order valence-electron chi connectivity index (χ1n) is 9.37. The zero-order valence-corrected chi connectivity index (χ0v) is 16.2. The van der Waals surface area contributed by atoms with Gasteiger partial charge in [-0.15, -0.1) is 0 Å². The molecular formula is C19H29F3N4O. The zero-order valence-electron chi connectivity index (χ0n) is 16.2. The number of ether oxygens (including phenoxy) is 1. The summed E-state index contributed by atoms with van der Waals surface area (Å²) in [6, 6.07) is 5.92. The number of nitrogens with one attached hydrogen (secondary N) is 2. The molecule has 5 nitrogen and oxygen atoms in total. The minimum Gasteiger partial charge on any atom is -0.494 e. The van der Waals surface area contributed by atoms with E-state index in [0.29, 0.717) is 45.2 Å². The third-order valence-electron chi connectivity index (χ3n) is 4.32. The van der Waals surface area contributed by atoms with E-state index in [2.05, 4.69) is 15.6 Å². The Morgan fingerprint density at radius 3 is 2.74 bits per heavy atom. The van der Waals surface area contributed by atoms with Crippen molar-refractivity contribution in [3.8, 4) is 5.75 Å². The number of halogens is 3. The highest BCUT2D eigenvalue weighted by atomic mass is 19.4. The number of guanidine groups is 1. The Morgan fingerprint density at radius 1 is 1.33 bits per heavy atom. The molecule has 1 unspecified atom stereocenters. The van der Waals surface area contributed by atoms with E-state index in [-0.39, 0.29) is 6.04 Å². The monoisotopic (exact) mass is 386 g/mol.